The molecule has 0 aliphatic rings. The highest BCUT2D eigenvalue weighted by Crippen LogP contribution is 2.22. The largest absolute Gasteiger partial charge is 0.406 e. The minimum absolute atomic E-state index is 0.520. The number of hydrogen-bond acceptors (Lipinski definition) is 1. The molecule has 0 aliphatic heterocycles. The molecule has 10 heavy (non-hydrogen) atoms. The molecule has 1 rings (SSSR count). The molecule has 0 fully saturated rings. The first-order valence-electron chi connectivity index (χ1n) is 2.71. The van der Waals surface area contributed by atoms with Gasteiger partial charge < -0.3 is 4.74 Å². The Morgan fingerprint density at radius 3 is 2.70 bits per heavy atom. The highest BCUT2D eigenvalue weighted by molar-refractivity contribution is 6.32. The monoisotopic (exact) mass is 152 g/mol. The van der Waals surface area contributed by atoms with Crippen molar-refractivity contribution in [3.05, 3.63) is 29.3 Å². The molecule has 50 valence electrons. The number of terminal acetylenes is 1. The number of ether oxygens (including phenoxy) is 1. The van der Waals surface area contributed by atoms with Crippen molar-refractivity contribution in [1.82, 2.24) is 0 Å². The second kappa shape index (κ2) is 3.14. The SMILES string of the molecule is C#COc1ccccc1Cl. The summed E-state index contributed by atoms with van der Waals surface area (Å²) < 4.78 is 4.73. The lowest BCUT2D eigenvalue weighted by molar-refractivity contribution is 0.521. The minimum atomic E-state index is 0.520. The zero-order valence-electron chi connectivity index (χ0n) is 5.17. The molecule has 0 aliphatic carbocycles. The molecule has 0 amide bonds. The Labute approximate surface area is 64.6 Å². The van der Waals surface area contributed by atoms with Gasteiger partial charge >= 0.3 is 0 Å². The van der Waals surface area contributed by atoms with Gasteiger partial charge in [-0.3, -0.25) is 0 Å². The standard InChI is InChI=1S/C8H5ClO/c1-2-10-8-6-4-3-5-7(8)9/h1,3-6H. The maximum atomic E-state index is 5.68. The van der Waals surface area contributed by atoms with Crippen LogP contribution in [0.15, 0.2) is 24.3 Å². The van der Waals surface area contributed by atoms with Crippen molar-refractivity contribution in [3.63, 3.8) is 0 Å². The highest BCUT2D eigenvalue weighted by atomic mass is 35.5. The summed E-state index contributed by atoms with van der Waals surface area (Å²) in [6, 6.07) is 7.04. The molecular formula is C8H5ClO. The van der Waals surface area contributed by atoms with Crippen molar-refractivity contribution in [1.29, 1.82) is 0 Å². The van der Waals surface area contributed by atoms with Crippen LogP contribution in [0.25, 0.3) is 0 Å². The maximum Gasteiger partial charge on any atom is 0.158 e. The molecule has 0 saturated heterocycles. The van der Waals surface area contributed by atoms with Crippen molar-refractivity contribution < 1.29 is 4.74 Å². The normalized spacial score (nSPS) is 8.40. The molecule has 0 heterocycles. The predicted octanol–water partition coefficient (Wildman–Crippen LogP) is 2.31. The first-order valence-corrected chi connectivity index (χ1v) is 3.09. The van der Waals surface area contributed by atoms with Gasteiger partial charge in [0.15, 0.2) is 5.75 Å². The van der Waals surface area contributed by atoms with Crippen LogP contribution in [-0.4, -0.2) is 0 Å². The third kappa shape index (κ3) is 1.43. The van der Waals surface area contributed by atoms with Gasteiger partial charge in [0.2, 0.25) is 0 Å². The molecule has 0 atom stereocenters. The zero-order chi connectivity index (χ0) is 7.40. The van der Waals surface area contributed by atoms with E-state index in [9.17, 15) is 0 Å². The number of para-hydroxylation sites is 1. The van der Waals surface area contributed by atoms with Gasteiger partial charge in [0, 0.05) is 0 Å². The Balaban J connectivity index is 2.94. The van der Waals surface area contributed by atoms with E-state index >= 15 is 0 Å². The van der Waals surface area contributed by atoms with Crippen molar-refractivity contribution in [3.8, 4) is 18.3 Å². The molecule has 0 bridgehead atoms. The molecule has 1 aromatic rings. The maximum absolute atomic E-state index is 5.68. The summed E-state index contributed by atoms with van der Waals surface area (Å²) in [6.45, 7) is 0. The zero-order valence-corrected chi connectivity index (χ0v) is 5.93. The van der Waals surface area contributed by atoms with E-state index in [0.717, 1.165) is 0 Å². The van der Waals surface area contributed by atoms with Crippen LogP contribution in [0.3, 0.4) is 0 Å². The smallest absolute Gasteiger partial charge is 0.158 e. The summed E-state index contributed by atoms with van der Waals surface area (Å²) in [5.74, 6) is 0.520. The molecule has 0 N–H and O–H groups in total. The van der Waals surface area contributed by atoms with E-state index in [2.05, 4.69) is 0 Å². The van der Waals surface area contributed by atoms with Crippen molar-refractivity contribution in [2.75, 3.05) is 0 Å². The Morgan fingerprint density at radius 1 is 1.40 bits per heavy atom. The van der Waals surface area contributed by atoms with Gasteiger partial charge in [-0.1, -0.05) is 30.2 Å². The second-order valence-corrected chi connectivity index (χ2v) is 2.06. The third-order valence-corrected chi connectivity index (χ3v) is 1.32. The van der Waals surface area contributed by atoms with E-state index < -0.39 is 0 Å². The molecule has 0 aromatic heterocycles. The van der Waals surface area contributed by atoms with Gasteiger partial charge in [0.25, 0.3) is 0 Å². The van der Waals surface area contributed by atoms with E-state index in [1.807, 2.05) is 12.2 Å². The first kappa shape index (κ1) is 6.98. The van der Waals surface area contributed by atoms with Crippen LogP contribution >= 0.6 is 11.6 Å². The third-order valence-electron chi connectivity index (χ3n) is 1.01. The van der Waals surface area contributed by atoms with Crippen LogP contribution < -0.4 is 4.74 Å². The number of benzene rings is 1. The van der Waals surface area contributed by atoms with Crippen molar-refractivity contribution in [2.45, 2.75) is 0 Å². The van der Waals surface area contributed by atoms with E-state index in [0.29, 0.717) is 10.8 Å². The average molecular weight is 153 g/mol. The highest BCUT2D eigenvalue weighted by Gasteiger charge is 1.95. The van der Waals surface area contributed by atoms with Gasteiger partial charge in [-0.15, -0.1) is 0 Å². The molecule has 1 aromatic carbocycles. The Morgan fingerprint density at radius 2 is 2.10 bits per heavy atom. The van der Waals surface area contributed by atoms with E-state index in [-0.39, 0.29) is 0 Å². The van der Waals surface area contributed by atoms with Crippen LogP contribution in [0.4, 0.5) is 0 Å². The Hall–Kier alpha value is -1.13. The van der Waals surface area contributed by atoms with E-state index in [4.69, 9.17) is 22.8 Å². The van der Waals surface area contributed by atoms with Crippen LogP contribution in [0.2, 0.25) is 5.02 Å². The first-order chi connectivity index (χ1) is 4.84. The average Bonchev–Trinajstić information content (AvgIpc) is 1.94. The second-order valence-electron chi connectivity index (χ2n) is 1.65. The number of halogens is 1. The molecule has 0 saturated carbocycles. The van der Waals surface area contributed by atoms with Gasteiger partial charge in [0.05, 0.1) is 5.02 Å². The number of hydrogen-bond donors (Lipinski definition) is 0. The summed E-state index contributed by atoms with van der Waals surface area (Å²) in [5.41, 5.74) is 0. The summed E-state index contributed by atoms with van der Waals surface area (Å²) in [5, 5.41) is 0.528. The predicted molar refractivity (Wildman–Crippen MR) is 40.9 cm³/mol. The van der Waals surface area contributed by atoms with Crippen LogP contribution in [0.5, 0.6) is 5.75 Å². The summed E-state index contributed by atoms with van der Waals surface area (Å²) in [7, 11) is 0. The fraction of sp³-hybridized carbons (Fsp3) is 0. The van der Waals surface area contributed by atoms with E-state index in [1.54, 1.807) is 18.2 Å². The topological polar surface area (TPSA) is 9.23 Å². The summed E-state index contributed by atoms with van der Waals surface area (Å²) in [4.78, 5) is 0. The fourth-order valence-corrected chi connectivity index (χ4v) is 0.765. The molecule has 0 radical (unpaired) electrons. The minimum Gasteiger partial charge on any atom is -0.406 e. The van der Waals surface area contributed by atoms with Gasteiger partial charge in [-0.25, -0.2) is 0 Å². The quantitative estimate of drug-likeness (QED) is 0.562. The lowest BCUT2D eigenvalue weighted by Crippen LogP contribution is -1.80. The van der Waals surface area contributed by atoms with Crippen LogP contribution in [0, 0.1) is 12.5 Å². The fourth-order valence-electron chi connectivity index (χ4n) is 0.591. The summed E-state index contributed by atoms with van der Waals surface area (Å²) in [6.07, 6.45) is 6.94. The number of rotatable bonds is 1. The Bertz CT molecular complexity index is 262. The molecule has 1 nitrogen and oxygen atoms in total. The lowest BCUT2D eigenvalue weighted by atomic mass is 10.3. The van der Waals surface area contributed by atoms with Crippen LogP contribution in [0.1, 0.15) is 0 Å². The van der Waals surface area contributed by atoms with Crippen molar-refractivity contribution >= 4 is 11.6 Å². The molecule has 0 unspecified atom stereocenters. The van der Waals surface area contributed by atoms with Crippen molar-refractivity contribution in [2.24, 2.45) is 0 Å². The van der Waals surface area contributed by atoms with Crippen LogP contribution in [-0.2, 0) is 0 Å². The molecular weight excluding hydrogens is 148 g/mol. The Kier molecular flexibility index (Phi) is 2.20. The van der Waals surface area contributed by atoms with E-state index in [1.165, 1.54) is 0 Å². The van der Waals surface area contributed by atoms with Gasteiger partial charge in [0.1, 0.15) is 6.11 Å². The lowest BCUT2D eigenvalue weighted by Gasteiger charge is -1.96. The summed E-state index contributed by atoms with van der Waals surface area (Å²) >= 11 is 5.68. The molecule has 0 spiro atoms. The van der Waals surface area contributed by atoms with Gasteiger partial charge in [-0.05, 0) is 12.1 Å². The molecule has 2 heteroatoms. The van der Waals surface area contributed by atoms with Gasteiger partial charge in [-0.2, -0.15) is 0 Å².